The van der Waals surface area contributed by atoms with Gasteiger partial charge >= 0.3 is 0 Å². The number of carbonyl (C=O) groups is 2. The van der Waals surface area contributed by atoms with Crippen LogP contribution in [0.3, 0.4) is 0 Å². The molecule has 0 radical (unpaired) electrons. The lowest BCUT2D eigenvalue weighted by molar-refractivity contribution is -0.142. The van der Waals surface area contributed by atoms with E-state index >= 15 is 0 Å². The topological polar surface area (TPSA) is 40.6 Å². The van der Waals surface area contributed by atoms with Gasteiger partial charge in [-0.3, -0.25) is 9.59 Å². The molecule has 2 amide bonds. The van der Waals surface area contributed by atoms with E-state index in [0.29, 0.717) is 6.54 Å². The molecule has 124 valence electrons. The molecule has 0 aromatic heterocycles. The molecule has 1 aliphatic heterocycles. The summed E-state index contributed by atoms with van der Waals surface area (Å²) in [4.78, 5) is 28.8. The van der Waals surface area contributed by atoms with E-state index in [4.69, 9.17) is 0 Å². The second-order valence-electron chi connectivity index (χ2n) is 6.75. The van der Waals surface area contributed by atoms with Crippen LogP contribution in [0.15, 0.2) is 24.3 Å². The average Bonchev–Trinajstić information content (AvgIpc) is 3.39. The molecule has 23 heavy (non-hydrogen) atoms. The summed E-state index contributed by atoms with van der Waals surface area (Å²) in [6.45, 7) is 5.80. The van der Waals surface area contributed by atoms with Gasteiger partial charge in [-0.15, -0.1) is 0 Å². The molecule has 1 aliphatic carbocycles. The highest BCUT2D eigenvalue weighted by Crippen LogP contribution is 2.32. The quantitative estimate of drug-likeness (QED) is 0.838. The second-order valence-corrected chi connectivity index (χ2v) is 6.75. The van der Waals surface area contributed by atoms with Gasteiger partial charge in [-0.2, -0.15) is 0 Å². The zero-order valence-corrected chi connectivity index (χ0v) is 14.1. The number of rotatable bonds is 5. The summed E-state index contributed by atoms with van der Waals surface area (Å²) in [5.41, 5.74) is 2.58. The van der Waals surface area contributed by atoms with E-state index in [0.717, 1.165) is 32.2 Å². The normalized spacial score (nSPS) is 20.1. The fraction of sp³-hybridized carbons (Fsp3) is 0.579. The van der Waals surface area contributed by atoms with Gasteiger partial charge in [-0.25, -0.2) is 0 Å². The highest BCUT2D eigenvalue weighted by atomic mass is 16.2. The van der Waals surface area contributed by atoms with Crippen molar-refractivity contribution in [1.82, 2.24) is 9.80 Å². The van der Waals surface area contributed by atoms with Crippen LogP contribution in [-0.4, -0.2) is 41.2 Å². The van der Waals surface area contributed by atoms with Crippen molar-refractivity contribution in [2.75, 3.05) is 19.6 Å². The number of carbonyl (C=O) groups excluding carboxylic acids is 2. The molecule has 0 bridgehead atoms. The molecule has 1 aromatic rings. The first-order valence-electron chi connectivity index (χ1n) is 8.78. The number of benzene rings is 1. The molecule has 1 heterocycles. The minimum absolute atomic E-state index is 0.0782. The molecule has 1 fully saturated rings. The van der Waals surface area contributed by atoms with Crippen LogP contribution in [0, 0.1) is 5.92 Å². The summed E-state index contributed by atoms with van der Waals surface area (Å²) >= 11 is 0. The van der Waals surface area contributed by atoms with E-state index in [1.165, 1.54) is 11.1 Å². The van der Waals surface area contributed by atoms with E-state index in [9.17, 15) is 9.59 Å². The number of hydrogen-bond donors (Lipinski definition) is 0. The molecule has 4 nitrogen and oxygen atoms in total. The molecule has 1 saturated carbocycles. The molecule has 0 N–H and O–H groups in total. The summed E-state index contributed by atoms with van der Waals surface area (Å²) in [6, 6.07) is 8.43. The Kier molecular flexibility index (Phi) is 4.69. The van der Waals surface area contributed by atoms with Gasteiger partial charge in [0.2, 0.25) is 11.8 Å². The minimum Gasteiger partial charge on any atom is -0.334 e. The first-order valence-corrected chi connectivity index (χ1v) is 8.78. The minimum atomic E-state index is 0.0782. The van der Waals surface area contributed by atoms with Crippen molar-refractivity contribution in [3.63, 3.8) is 0 Å². The maximum Gasteiger partial charge on any atom is 0.242 e. The van der Waals surface area contributed by atoms with Crippen molar-refractivity contribution in [3.05, 3.63) is 35.4 Å². The summed E-state index contributed by atoms with van der Waals surface area (Å²) in [6.07, 6.45) is 3.77. The van der Waals surface area contributed by atoms with Gasteiger partial charge in [0.1, 0.15) is 0 Å². The second kappa shape index (κ2) is 6.73. The van der Waals surface area contributed by atoms with Gasteiger partial charge in [0.15, 0.2) is 0 Å². The van der Waals surface area contributed by atoms with E-state index < -0.39 is 0 Å². The Bertz CT molecular complexity index is 595. The highest BCUT2D eigenvalue weighted by molar-refractivity contribution is 5.87. The van der Waals surface area contributed by atoms with Crippen LogP contribution in [0.1, 0.15) is 50.3 Å². The van der Waals surface area contributed by atoms with Gasteiger partial charge in [0.05, 0.1) is 12.6 Å². The summed E-state index contributed by atoms with van der Waals surface area (Å²) in [5, 5.41) is 0. The Morgan fingerprint density at radius 3 is 2.70 bits per heavy atom. The largest absolute Gasteiger partial charge is 0.334 e. The van der Waals surface area contributed by atoms with Crippen LogP contribution in [0.25, 0.3) is 0 Å². The maximum absolute atomic E-state index is 12.8. The number of nitrogens with zero attached hydrogens (tertiary/aromatic N) is 2. The van der Waals surface area contributed by atoms with Crippen molar-refractivity contribution < 1.29 is 9.59 Å². The highest BCUT2D eigenvalue weighted by Gasteiger charge is 2.35. The van der Waals surface area contributed by atoms with Crippen LogP contribution in [0.5, 0.6) is 0 Å². The number of hydrogen-bond acceptors (Lipinski definition) is 2. The molecule has 1 aromatic carbocycles. The summed E-state index contributed by atoms with van der Waals surface area (Å²) in [5.74, 6) is 0.425. The third-order valence-electron chi connectivity index (χ3n) is 4.97. The Labute approximate surface area is 138 Å². The first-order chi connectivity index (χ1) is 11.1. The molecule has 0 saturated heterocycles. The Morgan fingerprint density at radius 1 is 1.26 bits per heavy atom. The molecule has 1 atom stereocenters. The zero-order valence-electron chi connectivity index (χ0n) is 14.1. The van der Waals surface area contributed by atoms with Crippen molar-refractivity contribution in [2.24, 2.45) is 5.92 Å². The fourth-order valence-electron chi connectivity index (χ4n) is 3.49. The third kappa shape index (κ3) is 3.41. The molecule has 3 rings (SSSR count). The molecule has 1 unspecified atom stereocenters. The Hall–Kier alpha value is -1.84. The predicted molar refractivity (Wildman–Crippen MR) is 89.9 cm³/mol. The van der Waals surface area contributed by atoms with Gasteiger partial charge in [0.25, 0.3) is 0 Å². The molecule has 4 heteroatoms. The van der Waals surface area contributed by atoms with Gasteiger partial charge in [0, 0.05) is 19.0 Å². The van der Waals surface area contributed by atoms with E-state index in [1.54, 1.807) is 4.90 Å². The SMILES string of the molecule is CCCN(CC(=O)N1CCc2ccccc2C1C)C(=O)C1CC1. The van der Waals surface area contributed by atoms with Crippen LogP contribution < -0.4 is 0 Å². The predicted octanol–water partition coefficient (Wildman–Crippen LogP) is 2.78. The van der Waals surface area contributed by atoms with Crippen LogP contribution in [0.4, 0.5) is 0 Å². The van der Waals surface area contributed by atoms with Gasteiger partial charge in [-0.1, -0.05) is 31.2 Å². The van der Waals surface area contributed by atoms with Crippen LogP contribution in [0.2, 0.25) is 0 Å². The lowest BCUT2D eigenvalue weighted by atomic mass is 9.93. The summed E-state index contributed by atoms with van der Waals surface area (Å²) in [7, 11) is 0. The lowest BCUT2D eigenvalue weighted by Gasteiger charge is -2.36. The third-order valence-corrected chi connectivity index (χ3v) is 4.97. The van der Waals surface area contributed by atoms with Crippen molar-refractivity contribution in [1.29, 1.82) is 0 Å². The molecule has 2 aliphatic rings. The smallest absolute Gasteiger partial charge is 0.242 e. The van der Waals surface area contributed by atoms with Crippen molar-refractivity contribution in [2.45, 2.75) is 45.6 Å². The van der Waals surface area contributed by atoms with E-state index in [-0.39, 0.29) is 30.3 Å². The average molecular weight is 314 g/mol. The van der Waals surface area contributed by atoms with Crippen molar-refractivity contribution in [3.8, 4) is 0 Å². The number of amides is 2. The van der Waals surface area contributed by atoms with E-state index in [1.807, 2.05) is 11.0 Å². The van der Waals surface area contributed by atoms with E-state index in [2.05, 4.69) is 32.0 Å². The van der Waals surface area contributed by atoms with Gasteiger partial charge < -0.3 is 9.80 Å². The maximum atomic E-state index is 12.8. The summed E-state index contributed by atoms with van der Waals surface area (Å²) < 4.78 is 0. The molecular formula is C19H26N2O2. The monoisotopic (exact) mass is 314 g/mol. The molecular weight excluding hydrogens is 288 g/mol. The standard InChI is InChI=1S/C19H26N2O2/c1-3-11-20(19(23)16-8-9-16)13-18(22)21-12-10-15-6-4-5-7-17(15)14(21)2/h4-7,14,16H,3,8-13H2,1-2H3. The van der Waals surface area contributed by atoms with Crippen LogP contribution >= 0.6 is 0 Å². The van der Waals surface area contributed by atoms with Crippen molar-refractivity contribution >= 4 is 11.8 Å². The lowest BCUT2D eigenvalue weighted by Crippen LogP contribution is -2.46. The first kappa shape index (κ1) is 16.0. The Morgan fingerprint density at radius 2 is 2.00 bits per heavy atom. The van der Waals surface area contributed by atoms with Gasteiger partial charge in [-0.05, 0) is 43.7 Å². The fourth-order valence-corrected chi connectivity index (χ4v) is 3.49. The Balaban J connectivity index is 1.69. The molecule has 0 spiro atoms. The van der Waals surface area contributed by atoms with Crippen LogP contribution in [-0.2, 0) is 16.0 Å². The zero-order chi connectivity index (χ0) is 16.4. The number of fused-ring (bicyclic) bond motifs is 1.